The van der Waals surface area contributed by atoms with Crippen LogP contribution in [0.5, 0.6) is 0 Å². The second-order valence-corrected chi connectivity index (χ2v) is 2.92. The van der Waals surface area contributed by atoms with Crippen LogP contribution in [-0.2, 0) is 14.3 Å². The van der Waals surface area contributed by atoms with E-state index in [1.54, 1.807) is 0 Å². The molecular formula is C8H15NO4. The van der Waals surface area contributed by atoms with Crippen molar-refractivity contribution in [1.29, 1.82) is 0 Å². The third kappa shape index (κ3) is 7.11. The number of esters is 1. The van der Waals surface area contributed by atoms with Crippen LogP contribution in [0, 0.1) is 5.92 Å². The number of nitrogens with one attached hydrogen (secondary N) is 1. The zero-order valence-electron chi connectivity index (χ0n) is 8.12. The predicted molar refractivity (Wildman–Crippen MR) is 46.2 cm³/mol. The molecule has 0 bridgehead atoms. The van der Waals surface area contributed by atoms with E-state index in [9.17, 15) is 9.59 Å². The number of alkyl carbamates (subject to hydrolysis) is 1. The molecule has 0 unspecified atom stereocenters. The Morgan fingerprint density at radius 2 is 2.00 bits per heavy atom. The summed E-state index contributed by atoms with van der Waals surface area (Å²) in [5, 5.41) is 2.22. The number of hydrogen-bond acceptors (Lipinski definition) is 4. The monoisotopic (exact) mass is 189 g/mol. The number of amides is 1. The van der Waals surface area contributed by atoms with Crippen molar-refractivity contribution in [2.45, 2.75) is 13.8 Å². The van der Waals surface area contributed by atoms with Crippen LogP contribution >= 0.6 is 0 Å². The molecule has 0 aliphatic rings. The Bertz CT molecular complexity index is 179. The van der Waals surface area contributed by atoms with Crippen molar-refractivity contribution in [2.24, 2.45) is 5.92 Å². The summed E-state index contributed by atoms with van der Waals surface area (Å²) in [5.74, 6) is -0.166. The molecule has 0 aromatic heterocycles. The molecule has 76 valence electrons. The summed E-state index contributed by atoms with van der Waals surface area (Å²) in [6, 6.07) is 0. The molecule has 13 heavy (non-hydrogen) atoms. The molecule has 0 radical (unpaired) electrons. The lowest BCUT2D eigenvalue weighted by Gasteiger charge is -2.07. The molecule has 1 N–H and O–H groups in total. The second kappa shape index (κ2) is 6.28. The molecule has 0 heterocycles. The van der Waals surface area contributed by atoms with Gasteiger partial charge in [0.15, 0.2) is 0 Å². The summed E-state index contributed by atoms with van der Waals surface area (Å²) in [7, 11) is 1.23. The van der Waals surface area contributed by atoms with E-state index in [-0.39, 0.29) is 6.54 Å². The molecule has 0 aromatic carbocycles. The highest BCUT2D eigenvalue weighted by Gasteiger charge is 2.06. The van der Waals surface area contributed by atoms with E-state index >= 15 is 0 Å². The van der Waals surface area contributed by atoms with Crippen molar-refractivity contribution in [3.8, 4) is 0 Å². The van der Waals surface area contributed by atoms with E-state index in [0.29, 0.717) is 12.5 Å². The van der Waals surface area contributed by atoms with Crippen molar-refractivity contribution in [2.75, 3.05) is 20.3 Å². The van der Waals surface area contributed by atoms with Crippen LogP contribution in [0.25, 0.3) is 0 Å². The lowest BCUT2D eigenvalue weighted by molar-refractivity contribution is -0.143. The molecule has 0 saturated heterocycles. The minimum atomic E-state index is -0.638. The molecule has 5 heteroatoms. The molecule has 0 saturated carbocycles. The third-order valence-electron chi connectivity index (χ3n) is 1.14. The summed E-state index contributed by atoms with van der Waals surface area (Å²) in [6.45, 7) is 4.07. The van der Waals surface area contributed by atoms with Crippen molar-refractivity contribution >= 4 is 12.1 Å². The maximum absolute atomic E-state index is 10.9. The highest BCUT2D eigenvalue weighted by molar-refractivity contribution is 5.77. The van der Waals surface area contributed by atoms with Gasteiger partial charge < -0.3 is 14.8 Å². The summed E-state index contributed by atoms with van der Waals surface area (Å²) in [5.41, 5.74) is 0. The number of ether oxygens (including phenoxy) is 2. The Morgan fingerprint density at radius 1 is 1.38 bits per heavy atom. The smallest absolute Gasteiger partial charge is 0.407 e. The molecule has 0 spiro atoms. The van der Waals surface area contributed by atoms with Gasteiger partial charge in [-0.15, -0.1) is 0 Å². The zero-order valence-corrected chi connectivity index (χ0v) is 8.12. The Morgan fingerprint density at radius 3 is 2.46 bits per heavy atom. The number of hydrogen-bond donors (Lipinski definition) is 1. The summed E-state index contributed by atoms with van der Waals surface area (Å²) >= 11 is 0. The van der Waals surface area contributed by atoms with Gasteiger partial charge in [0.2, 0.25) is 0 Å². The van der Waals surface area contributed by atoms with E-state index in [1.165, 1.54) is 7.11 Å². The topological polar surface area (TPSA) is 64.6 Å². The molecule has 0 atom stereocenters. The van der Waals surface area contributed by atoms with E-state index in [2.05, 4.69) is 10.1 Å². The molecule has 0 aliphatic carbocycles. The van der Waals surface area contributed by atoms with Crippen molar-refractivity contribution in [3.63, 3.8) is 0 Å². The Hall–Kier alpha value is -1.26. The molecule has 0 rings (SSSR count). The van der Waals surface area contributed by atoms with Crippen molar-refractivity contribution in [3.05, 3.63) is 0 Å². The quantitative estimate of drug-likeness (QED) is 0.655. The first kappa shape index (κ1) is 11.7. The lowest BCUT2D eigenvalue weighted by atomic mass is 10.2. The first-order chi connectivity index (χ1) is 6.06. The van der Waals surface area contributed by atoms with Crippen LogP contribution in [0.2, 0.25) is 0 Å². The zero-order chi connectivity index (χ0) is 10.3. The Kier molecular flexibility index (Phi) is 5.67. The maximum atomic E-state index is 10.9. The van der Waals surface area contributed by atoms with Gasteiger partial charge in [0.05, 0.1) is 13.7 Å². The SMILES string of the molecule is COC(=O)NCC(=O)OCC(C)C. The average molecular weight is 189 g/mol. The highest BCUT2D eigenvalue weighted by atomic mass is 16.5. The molecule has 1 amide bonds. The fraction of sp³-hybridized carbons (Fsp3) is 0.750. The highest BCUT2D eigenvalue weighted by Crippen LogP contribution is 1.92. The number of carbonyl (C=O) groups excluding carboxylic acids is 2. The Balaban J connectivity index is 3.46. The van der Waals surface area contributed by atoms with Crippen molar-refractivity contribution < 1.29 is 19.1 Å². The standard InChI is InChI=1S/C8H15NO4/c1-6(2)5-13-7(10)4-9-8(11)12-3/h6H,4-5H2,1-3H3,(H,9,11). The van der Waals surface area contributed by atoms with Gasteiger partial charge in [-0.05, 0) is 5.92 Å². The van der Waals surface area contributed by atoms with Gasteiger partial charge >= 0.3 is 12.1 Å². The van der Waals surface area contributed by atoms with Crippen LogP contribution < -0.4 is 5.32 Å². The van der Waals surface area contributed by atoms with Gasteiger partial charge in [-0.2, -0.15) is 0 Å². The van der Waals surface area contributed by atoms with Crippen LogP contribution in [-0.4, -0.2) is 32.3 Å². The van der Waals surface area contributed by atoms with E-state index in [0.717, 1.165) is 0 Å². The summed E-state index contributed by atoms with van der Waals surface area (Å²) < 4.78 is 9.06. The number of rotatable bonds is 4. The molecule has 5 nitrogen and oxygen atoms in total. The maximum Gasteiger partial charge on any atom is 0.407 e. The fourth-order valence-electron chi connectivity index (χ4n) is 0.527. The molecule has 0 aliphatic heterocycles. The van der Waals surface area contributed by atoms with Gasteiger partial charge in [-0.25, -0.2) is 4.79 Å². The number of methoxy groups -OCH3 is 1. The van der Waals surface area contributed by atoms with Gasteiger partial charge in [-0.3, -0.25) is 4.79 Å². The fourth-order valence-corrected chi connectivity index (χ4v) is 0.527. The average Bonchev–Trinajstić information content (AvgIpc) is 2.10. The summed E-state index contributed by atoms with van der Waals surface area (Å²) in [4.78, 5) is 21.4. The largest absolute Gasteiger partial charge is 0.464 e. The first-order valence-electron chi connectivity index (χ1n) is 4.03. The van der Waals surface area contributed by atoms with Crippen LogP contribution in [0.15, 0.2) is 0 Å². The normalized spacial score (nSPS) is 9.54. The molecule has 0 aromatic rings. The minimum absolute atomic E-state index is 0.153. The molecule has 0 fully saturated rings. The van der Waals surface area contributed by atoms with Crippen LogP contribution in [0.4, 0.5) is 4.79 Å². The van der Waals surface area contributed by atoms with E-state index in [1.807, 2.05) is 13.8 Å². The molecular weight excluding hydrogens is 174 g/mol. The predicted octanol–water partition coefficient (Wildman–Crippen LogP) is 0.542. The van der Waals surface area contributed by atoms with Gasteiger partial charge in [0.1, 0.15) is 6.54 Å². The van der Waals surface area contributed by atoms with E-state index < -0.39 is 12.1 Å². The van der Waals surface area contributed by atoms with Gasteiger partial charge in [0.25, 0.3) is 0 Å². The first-order valence-corrected chi connectivity index (χ1v) is 4.03. The summed E-state index contributed by atoms with van der Waals surface area (Å²) in [6.07, 6.45) is -0.638. The second-order valence-electron chi connectivity index (χ2n) is 2.92. The van der Waals surface area contributed by atoms with Gasteiger partial charge in [-0.1, -0.05) is 13.8 Å². The van der Waals surface area contributed by atoms with Crippen LogP contribution in [0.3, 0.4) is 0 Å². The van der Waals surface area contributed by atoms with Crippen molar-refractivity contribution in [1.82, 2.24) is 5.32 Å². The minimum Gasteiger partial charge on any atom is -0.464 e. The number of carbonyl (C=O) groups is 2. The lowest BCUT2D eigenvalue weighted by Crippen LogP contribution is -2.30. The van der Waals surface area contributed by atoms with Crippen LogP contribution in [0.1, 0.15) is 13.8 Å². The third-order valence-corrected chi connectivity index (χ3v) is 1.14. The Labute approximate surface area is 77.4 Å². The van der Waals surface area contributed by atoms with Gasteiger partial charge in [0, 0.05) is 0 Å². The van der Waals surface area contributed by atoms with E-state index in [4.69, 9.17) is 4.74 Å².